The number of nitriles is 1. The van der Waals surface area contributed by atoms with Crippen LogP contribution in [-0.2, 0) is 5.33 Å². The van der Waals surface area contributed by atoms with E-state index in [1.807, 2.05) is 11.8 Å². The van der Waals surface area contributed by atoms with E-state index >= 15 is 0 Å². The van der Waals surface area contributed by atoms with Gasteiger partial charge in [0, 0.05) is 36.2 Å². The second kappa shape index (κ2) is 6.97. The molecule has 0 fully saturated rings. The topological polar surface area (TPSA) is 70.2 Å². The second-order valence-corrected chi connectivity index (χ2v) is 4.25. The van der Waals surface area contributed by atoms with Gasteiger partial charge in [0.2, 0.25) is 0 Å². The fourth-order valence-corrected chi connectivity index (χ4v) is 2.18. The molecule has 0 heterocycles. The maximum Gasteiger partial charge on any atom is 0.269 e. The number of benzene rings is 1. The van der Waals surface area contributed by atoms with Gasteiger partial charge >= 0.3 is 0 Å². The Balaban J connectivity index is 3.07. The van der Waals surface area contributed by atoms with Crippen molar-refractivity contribution in [1.82, 2.24) is 0 Å². The number of non-ortho nitro benzene ring substituents is 1. The minimum atomic E-state index is -0.401. The van der Waals surface area contributed by atoms with E-state index in [4.69, 9.17) is 5.26 Å². The first-order valence-electron chi connectivity index (χ1n) is 5.59. The highest BCUT2D eigenvalue weighted by atomic mass is 79.9. The minimum absolute atomic E-state index is 0.0875. The monoisotopic (exact) mass is 311 g/mol. The van der Waals surface area contributed by atoms with Crippen molar-refractivity contribution in [3.63, 3.8) is 0 Å². The standard InChI is InChI=1S/C12H14BrN3O2/c1-2-15(7-3-6-14)12-5-4-11(16(17)18)8-10(12)9-13/h4-5,8H,2-3,7,9H2,1H3. The Hall–Kier alpha value is -1.61. The van der Waals surface area contributed by atoms with Crippen molar-refractivity contribution in [3.8, 4) is 6.07 Å². The zero-order valence-corrected chi connectivity index (χ0v) is 11.7. The van der Waals surface area contributed by atoms with Crippen LogP contribution >= 0.6 is 15.9 Å². The van der Waals surface area contributed by atoms with Crippen molar-refractivity contribution in [2.75, 3.05) is 18.0 Å². The van der Waals surface area contributed by atoms with Crippen LogP contribution in [0.1, 0.15) is 18.9 Å². The van der Waals surface area contributed by atoms with E-state index in [0.717, 1.165) is 17.8 Å². The average Bonchev–Trinajstić information content (AvgIpc) is 2.39. The number of halogens is 1. The third kappa shape index (κ3) is 3.44. The van der Waals surface area contributed by atoms with Gasteiger partial charge < -0.3 is 4.90 Å². The molecule has 0 saturated carbocycles. The quantitative estimate of drug-likeness (QED) is 0.459. The van der Waals surface area contributed by atoms with Gasteiger partial charge in [0.1, 0.15) is 0 Å². The fraction of sp³-hybridized carbons (Fsp3) is 0.417. The highest BCUT2D eigenvalue weighted by Gasteiger charge is 2.13. The van der Waals surface area contributed by atoms with Crippen molar-refractivity contribution in [2.24, 2.45) is 0 Å². The van der Waals surface area contributed by atoms with Crippen LogP contribution in [0.2, 0.25) is 0 Å². The summed E-state index contributed by atoms with van der Waals surface area (Å²) in [6, 6.07) is 6.92. The summed E-state index contributed by atoms with van der Waals surface area (Å²) >= 11 is 3.34. The Bertz CT molecular complexity index is 471. The molecule has 0 aliphatic rings. The maximum absolute atomic E-state index is 10.7. The fourth-order valence-electron chi connectivity index (χ4n) is 1.73. The highest BCUT2D eigenvalue weighted by molar-refractivity contribution is 9.08. The molecule has 5 nitrogen and oxygen atoms in total. The van der Waals surface area contributed by atoms with E-state index in [0.29, 0.717) is 18.3 Å². The summed E-state index contributed by atoms with van der Waals surface area (Å²) in [6.07, 6.45) is 0.437. The highest BCUT2D eigenvalue weighted by Crippen LogP contribution is 2.27. The van der Waals surface area contributed by atoms with Crippen LogP contribution in [-0.4, -0.2) is 18.0 Å². The summed E-state index contributed by atoms with van der Waals surface area (Å²) in [6.45, 7) is 3.39. The Morgan fingerprint density at radius 1 is 1.56 bits per heavy atom. The summed E-state index contributed by atoms with van der Waals surface area (Å²) in [5.74, 6) is 0. The Labute approximate surface area is 114 Å². The lowest BCUT2D eigenvalue weighted by Crippen LogP contribution is -2.24. The SMILES string of the molecule is CCN(CCC#N)c1ccc([N+](=O)[O-])cc1CBr. The molecule has 0 bridgehead atoms. The molecule has 6 heteroatoms. The van der Waals surface area contributed by atoms with Gasteiger partial charge in [-0.15, -0.1) is 0 Å². The van der Waals surface area contributed by atoms with Gasteiger partial charge in [0.05, 0.1) is 17.4 Å². The first-order chi connectivity index (χ1) is 8.63. The molecule has 0 aliphatic carbocycles. The first-order valence-corrected chi connectivity index (χ1v) is 6.71. The summed E-state index contributed by atoms with van der Waals surface area (Å²) in [4.78, 5) is 12.4. The molecule has 0 spiro atoms. The van der Waals surface area contributed by atoms with Gasteiger partial charge in [-0.1, -0.05) is 15.9 Å². The number of nitrogens with zero attached hydrogens (tertiary/aromatic N) is 3. The number of rotatable bonds is 6. The maximum atomic E-state index is 10.7. The van der Waals surface area contributed by atoms with Gasteiger partial charge in [0.25, 0.3) is 5.69 Å². The summed E-state index contributed by atoms with van der Waals surface area (Å²) < 4.78 is 0. The number of alkyl halides is 1. The third-order valence-electron chi connectivity index (χ3n) is 2.63. The molecule has 0 aromatic heterocycles. The summed E-state index contributed by atoms with van der Waals surface area (Å²) in [5.41, 5.74) is 1.89. The lowest BCUT2D eigenvalue weighted by molar-refractivity contribution is -0.384. The lowest BCUT2D eigenvalue weighted by Gasteiger charge is -2.24. The molecule has 0 amide bonds. The predicted molar refractivity (Wildman–Crippen MR) is 73.8 cm³/mol. The van der Waals surface area contributed by atoms with Crippen LogP contribution in [0.5, 0.6) is 0 Å². The van der Waals surface area contributed by atoms with E-state index in [1.165, 1.54) is 6.07 Å². The second-order valence-electron chi connectivity index (χ2n) is 3.69. The van der Waals surface area contributed by atoms with E-state index in [-0.39, 0.29) is 5.69 Å². The van der Waals surface area contributed by atoms with Crippen LogP contribution < -0.4 is 4.90 Å². The molecule has 18 heavy (non-hydrogen) atoms. The average molecular weight is 312 g/mol. The molecular weight excluding hydrogens is 298 g/mol. The van der Waals surface area contributed by atoms with Gasteiger partial charge in [-0.3, -0.25) is 10.1 Å². The van der Waals surface area contributed by atoms with Crippen LogP contribution in [0.15, 0.2) is 18.2 Å². The zero-order chi connectivity index (χ0) is 13.5. The molecule has 0 aliphatic heterocycles. The number of nitro benzene ring substituents is 1. The molecule has 0 N–H and O–H groups in total. The van der Waals surface area contributed by atoms with Crippen LogP contribution in [0.25, 0.3) is 0 Å². The van der Waals surface area contributed by atoms with Crippen molar-refractivity contribution in [2.45, 2.75) is 18.7 Å². The van der Waals surface area contributed by atoms with Crippen molar-refractivity contribution < 1.29 is 4.92 Å². The first kappa shape index (κ1) is 14.5. The number of hydrogen-bond acceptors (Lipinski definition) is 4. The molecule has 0 atom stereocenters. The van der Waals surface area contributed by atoms with E-state index < -0.39 is 4.92 Å². The van der Waals surface area contributed by atoms with E-state index in [1.54, 1.807) is 12.1 Å². The van der Waals surface area contributed by atoms with Crippen LogP contribution in [0, 0.1) is 21.4 Å². The van der Waals surface area contributed by atoms with Gasteiger partial charge in [-0.2, -0.15) is 5.26 Å². The van der Waals surface area contributed by atoms with E-state index in [9.17, 15) is 10.1 Å². The van der Waals surface area contributed by atoms with Crippen molar-refractivity contribution in [3.05, 3.63) is 33.9 Å². The molecule has 0 radical (unpaired) electrons. The van der Waals surface area contributed by atoms with Gasteiger partial charge in [-0.05, 0) is 18.6 Å². The number of nitro groups is 1. The van der Waals surface area contributed by atoms with Gasteiger partial charge in [0.15, 0.2) is 0 Å². The van der Waals surface area contributed by atoms with Crippen molar-refractivity contribution in [1.29, 1.82) is 5.26 Å². The third-order valence-corrected chi connectivity index (χ3v) is 3.24. The molecule has 1 rings (SSSR count). The zero-order valence-electron chi connectivity index (χ0n) is 10.1. The number of anilines is 1. The molecule has 1 aromatic carbocycles. The Morgan fingerprint density at radius 2 is 2.28 bits per heavy atom. The van der Waals surface area contributed by atoms with E-state index in [2.05, 4.69) is 22.0 Å². The Morgan fingerprint density at radius 3 is 2.78 bits per heavy atom. The van der Waals surface area contributed by atoms with Crippen molar-refractivity contribution >= 4 is 27.3 Å². The Kier molecular flexibility index (Phi) is 5.59. The van der Waals surface area contributed by atoms with Crippen LogP contribution in [0.3, 0.4) is 0 Å². The summed E-state index contributed by atoms with van der Waals surface area (Å²) in [7, 11) is 0. The molecular formula is C12H14BrN3O2. The van der Waals surface area contributed by atoms with Crippen LogP contribution in [0.4, 0.5) is 11.4 Å². The predicted octanol–water partition coefficient (Wildman–Crippen LogP) is 3.23. The summed E-state index contributed by atoms with van der Waals surface area (Å²) in [5, 5.41) is 19.9. The number of hydrogen-bond donors (Lipinski definition) is 0. The van der Waals surface area contributed by atoms with Gasteiger partial charge in [-0.25, -0.2) is 0 Å². The molecule has 0 saturated heterocycles. The minimum Gasteiger partial charge on any atom is -0.371 e. The smallest absolute Gasteiger partial charge is 0.269 e. The molecule has 96 valence electrons. The normalized spacial score (nSPS) is 9.83. The molecule has 0 unspecified atom stereocenters. The lowest BCUT2D eigenvalue weighted by atomic mass is 10.1. The molecule has 1 aromatic rings. The largest absolute Gasteiger partial charge is 0.371 e.